The SMILES string of the molecule is CC(C)N1c2ccc(-c3ccccc3)cc2C2(C)c3ccccc3-c3cccc1c32. The minimum atomic E-state index is -0.145. The summed E-state index contributed by atoms with van der Waals surface area (Å²) in [6.07, 6.45) is 0. The molecule has 0 amide bonds. The fourth-order valence-corrected chi connectivity index (χ4v) is 5.70. The van der Waals surface area contributed by atoms with Crippen molar-refractivity contribution in [3.05, 3.63) is 108 Å². The van der Waals surface area contributed by atoms with Gasteiger partial charge in [-0.1, -0.05) is 72.8 Å². The topological polar surface area (TPSA) is 3.24 Å². The maximum Gasteiger partial charge on any atom is 0.0476 e. The van der Waals surface area contributed by atoms with Crippen molar-refractivity contribution in [1.82, 2.24) is 0 Å². The monoisotopic (exact) mass is 387 g/mol. The molecule has 146 valence electrons. The maximum absolute atomic E-state index is 2.52. The molecular formula is C29H25N. The van der Waals surface area contributed by atoms with Gasteiger partial charge in [0.2, 0.25) is 0 Å². The van der Waals surface area contributed by atoms with E-state index in [1.54, 1.807) is 0 Å². The van der Waals surface area contributed by atoms with Crippen molar-refractivity contribution in [2.24, 2.45) is 0 Å². The molecule has 0 saturated heterocycles. The Hall–Kier alpha value is -3.32. The van der Waals surface area contributed by atoms with Crippen LogP contribution >= 0.6 is 0 Å². The van der Waals surface area contributed by atoms with Crippen LogP contribution in [0.25, 0.3) is 22.3 Å². The van der Waals surface area contributed by atoms with Crippen molar-refractivity contribution in [3.63, 3.8) is 0 Å². The summed E-state index contributed by atoms with van der Waals surface area (Å²) in [5.74, 6) is 0. The van der Waals surface area contributed by atoms with E-state index in [0.29, 0.717) is 6.04 Å². The van der Waals surface area contributed by atoms with E-state index in [4.69, 9.17) is 0 Å². The molecule has 0 saturated carbocycles. The Morgan fingerprint density at radius 2 is 1.37 bits per heavy atom. The van der Waals surface area contributed by atoms with E-state index in [-0.39, 0.29) is 5.41 Å². The standard InChI is InChI=1S/C29H25N/c1-19(2)30-26-17-16-21(20-10-5-4-6-11-20)18-25(26)29(3)24-14-8-7-12-22(24)23-13-9-15-27(30)28(23)29/h4-19H,1-3H3. The second kappa shape index (κ2) is 6.09. The van der Waals surface area contributed by atoms with Crippen molar-refractivity contribution in [2.75, 3.05) is 4.90 Å². The summed E-state index contributed by atoms with van der Waals surface area (Å²) in [6.45, 7) is 7.00. The van der Waals surface area contributed by atoms with Crippen molar-refractivity contribution < 1.29 is 0 Å². The van der Waals surface area contributed by atoms with Crippen LogP contribution < -0.4 is 4.90 Å². The second-order valence-electron chi connectivity index (χ2n) is 8.93. The molecular weight excluding hydrogens is 362 g/mol. The van der Waals surface area contributed by atoms with Gasteiger partial charge in [0.05, 0.1) is 0 Å². The fraction of sp³-hybridized carbons (Fsp3) is 0.172. The van der Waals surface area contributed by atoms with Gasteiger partial charge in [0, 0.05) is 22.8 Å². The predicted octanol–water partition coefficient (Wildman–Crippen LogP) is 7.55. The van der Waals surface area contributed by atoms with Gasteiger partial charge < -0.3 is 4.90 Å². The van der Waals surface area contributed by atoms with Gasteiger partial charge in [0.15, 0.2) is 0 Å². The Balaban J connectivity index is 1.72. The van der Waals surface area contributed by atoms with E-state index in [1.807, 2.05) is 0 Å². The summed E-state index contributed by atoms with van der Waals surface area (Å²) in [6, 6.07) is 33.9. The van der Waals surface area contributed by atoms with Crippen LogP contribution in [-0.4, -0.2) is 6.04 Å². The molecule has 6 rings (SSSR count). The third-order valence-electron chi connectivity index (χ3n) is 6.98. The van der Waals surface area contributed by atoms with Crippen molar-refractivity contribution >= 4 is 11.4 Å². The van der Waals surface area contributed by atoms with Gasteiger partial charge in [-0.2, -0.15) is 0 Å². The van der Waals surface area contributed by atoms with Crippen molar-refractivity contribution in [3.8, 4) is 22.3 Å². The molecule has 30 heavy (non-hydrogen) atoms. The molecule has 1 atom stereocenters. The third kappa shape index (κ3) is 2.13. The van der Waals surface area contributed by atoms with E-state index in [9.17, 15) is 0 Å². The predicted molar refractivity (Wildman–Crippen MR) is 127 cm³/mol. The third-order valence-corrected chi connectivity index (χ3v) is 6.98. The second-order valence-corrected chi connectivity index (χ2v) is 8.93. The summed E-state index contributed by atoms with van der Waals surface area (Å²) >= 11 is 0. The lowest BCUT2D eigenvalue weighted by molar-refractivity contribution is 0.669. The average Bonchev–Trinajstić information content (AvgIpc) is 3.05. The van der Waals surface area contributed by atoms with Crippen LogP contribution in [0, 0.1) is 0 Å². The van der Waals surface area contributed by atoms with E-state index < -0.39 is 0 Å². The average molecular weight is 388 g/mol. The summed E-state index contributed by atoms with van der Waals surface area (Å²) in [5.41, 5.74) is 12.1. The van der Waals surface area contributed by atoms with E-state index in [1.165, 1.54) is 50.3 Å². The van der Waals surface area contributed by atoms with Gasteiger partial charge in [0.1, 0.15) is 0 Å². The number of benzene rings is 4. The molecule has 2 aliphatic rings. The minimum Gasteiger partial charge on any atom is -0.338 e. The highest BCUT2D eigenvalue weighted by atomic mass is 15.2. The molecule has 4 aromatic carbocycles. The number of fused-ring (bicyclic) bond motifs is 5. The van der Waals surface area contributed by atoms with Gasteiger partial charge >= 0.3 is 0 Å². The highest BCUT2D eigenvalue weighted by Crippen LogP contribution is 2.61. The van der Waals surface area contributed by atoms with E-state index in [2.05, 4.69) is 117 Å². The molecule has 0 spiro atoms. The normalized spacial score (nSPS) is 18.2. The van der Waals surface area contributed by atoms with Gasteiger partial charge in [-0.25, -0.2) is 0 Å². The lowest BCUT2D eigenvalue weighted by Crippen LogP contribution is -2.37. The van der Waals surface area contributed by atoms with E-state index in [0.717, 1.165) is 0 Å². The number of hydrogen-bond acceptors (Lipinski definition) is 1. The molecule has 4 aromatic rings. The Labute approximate surface area is 178 Å². The van der Waals surface area contributed by atoms with Crippen LogP contribution in [0.3, 0.4) is 0 Å². The van der Waals surface area contributed by atoms with Crippen LogP contribution in [-0.2, 0) is 5.41 Å². The largest absolute Gasteiger partial charge is 0.338 e. The maximum atomic E-state index is 2.52. The molecule has 0 N–H and O–H groups in total. The summed E-state index contributed by atoms with van der Waals surface area (Å²) < 4.78 is 0. The molecule has 1 heterocycles. The number of anilines is 2. The van der Waals surface area contributed by atoms with Gasteiger partial charge in [0.25, 0.3) is 0 Å². The van der Waals surface area contributed by atoms with Gasteiger partial charge in [-0.3, -0.25) is 0 Å². The van der Waals surface area contributed by atoms with Crippen molar-refractivity contribution in [2.45, 2.75) is 32.2 Å². The van der Waals surface area contributed by atoms with Crippen LogP contribution in [0.5, 0.6) is 0 Å². The molecule has 1 aliphatic carbocycles. The quantitative estimate of drug-likeness (QED) is 0.343. The van der Waals surface area contributed by atoms with Gasteiger partial charge in [-0.15, -0.1) is 0 Å². The summed E-state index contributed by atoms with van der Waals surface area (Å²) in [5, 5.41) is 0. The number of rotatable bonds is 2. The van der Waals surface area contributed by atoms with Crippen LogP contribution in [0.2, 0.25) is 0 Å². The highest BCUT2D eigenvalue weighted by molar-refractivity contribution is 5.94. The first-order valence-corrected chi connectivity index (χ1v) is 10.8. The smallest absolute Gasteiger partial charge is 0.0476 e. The highest BCUT2D eigenvalue weighted by Gasteiger charge is 2.48. The van der Waals surface area contributed by atoms with Gasteiger partial charge in [-0.05, 0) is 77.9 Å². The summed E-state index contributed by atoms with van der Waals surface area (Å²) in [4.78, 5) is 2.52. The molecule has 1 aliphatic heterocycles. The lowest BCUT2D eigenvalue weighted by atomic mass is 9.70. The Kier molecular flexibility index (Phi) is 3.56. The zero-order valence-corrected chi connectivity index (χ0v) is 17.7. The Morgan fingerprint density at radius 1 is 0.633 bits per heavy atom. The molecule has 1 nitrogen and oxygen atoms in total. The molecule has 0 aromatic heterocycles. The first-order chi connectivity index (χ1) is 14.6. The first kappa shape index (κ1) is 17.5. The van der Waals surface area contributed by atoms with Crippen LogP contribution in [0.15, 0.2) is 91.0 Å². The Morgan fingerprint density at radius 3 is 2.17 bits per heavy atom. The van der Waals surface area contributed by atoms with Crippen LogP contribution in [0.1, 0.15) is 37.5 Å². The van der Waals surface area contributed by atoms with E-state index >= 15 is 0 Å². The molecule has 0 fully saturated rings. The molecule has 1 unspecified atom stereocenters. The zero-order chi connectivity index (χ0) is 20.5. The molecule has 1 heteroatoms. The summed E-state index contributed by atoms with van der Waals surface area (Å²) in [7, 11) is 0. The number of nitrogens with zero attached hydrogens (tertiary/aromatic N) is 1. The van der Waals surface area contributed by atoms with Crippen molar-refractivity contribution in [1.29, 1.82) is 0 Å². The first-order valence-electron chi connectivity index (χ1n) is 10.8. The minimum absolute atomic E-state index is 0.145. The number of hydrogen-bond donors (Lipinski definition) is 0. The fourth-order valence-electron chi connectivity index (χ4n) is 5.70. The molecule has 0 bridgehead atoms. The Bertz CT molecular complexity index is 1290. The van der Waals surface area contributed by atoms with Crippen LogP contribution in [0.4, 0.5) is 11.4 Å². The lowest BCUT2D eigenvalue weighted by Gasteiger charge is -2.44. The molecule has 0 radical (unpaired) electrons. The zero-order valence-electron chi connectivity index (χ0n) is 17.7.